The van der Waals surface area contributed by atoms with E-state index in [9.17, 15) is 9.59 Å². The number of methoxy groups -OCH3 is 1. The highest BCUT2D eigenvalue weighted by Crippen LogP contribution is 2.31. The van der Waals surface area contributed by atoms with Gasteiger partial charge in [-0.3, -0.25) is 14.3 Å². The van der Waals surface area contributed by atoms with Crippen LogP contribution in [0.5, 0.6) is 5.75 Å². The minimum atomic E-state index is -0.958. The molecule has 2 aromatic rings. The van der Waals surface area contributed by atoms with Gasteiger partial charge in [-0.15, -0.1) is 0 Å². The van der Waals surface area contributed by atoms with Crippen LogP contribution in [0.3, 0.4) is 0 Å². The lowest BCUT2D eigenvalue weighted by Crippen LogP contribution is -2.65. The van der Waals surface area contributed by atoms with Gasteiger partial charge < -0.3 is 15.0 Å². The summed E-state index contributed by atoms with van der Waals surface area (Å²) in [7, 11) is 1.63. The lowest BCUT2D eigenvalue weighted by Gasteiger charge is -2.44. The topological polar surface area (TPSA) is 76.5 Å². The van der Waals surface area contributed by atoms with Gasteiger partial charge >= 0.3 is 0 Å². The van der Waals surface area contributed by atoms with Crippen LogP contribution in [0.4, 0.5) is 0 Å². The average molecular weight is 425 g/mol. The van der Waals surface area contributed by atoms with Crippen LogP contribution in [0.25, 0.3) is 11.3 Å². The average Bonchev–Trinajstić information content (AvgIpc) is 3.21. The van der Waals surface area contributed by atoms with Gasteiger partial charge in [-0.25, -0.2) is 0 Å². The number of carbonyl (C=O) groups is 2. The predicted molar refractivity (Wildman–Crippen MR) is 119 cm³/mol. The van der Waals surface area contributed by atoms with E-state index in [1.807, 2.05) is 44.2 Å². The molecule has 0 unspecified atom stereocenters. The van der Waals surface area contributed by atoms with E-state index in [1.54, 1.807) is 16.7 Å². The maximum Gasteiger partial charge on any atom is 0.273 e. The summed E-state index contributed by atoms with van der Waals surface area (Å²) in [5.41, 5.74) is 1.20. The SMILES string of the molecule is CCCN1C(=O)c2cc(-c3ccc(OC)cc3)nn2C[C@]1(C)C(=O)NC1CCCCC1. The molecule has 0 radical (unpaired) electrons. The summed E-state index contributed by atoms with van der Waals surface area (Å²) in [6, 6.07) is 9.63. The third kappa shape index (κ3) is 4.05. The molecule has 2 amide bonds. The van der Waals surface area contributed by atoms with Gasteiger partial charge in [-0.1, -0.05) is 26.2 Å². The van der Waals surface area contributed by atoms with Gasteiger partial charge in [-0.05, 0) is 56.5 Å². The third-order valence-electron chi connectivity index (χ3n) is 6.56. The molecule has 7 nitrogen and oxygen atoms in total. The van der Waals surface area contributed by atoms with Gasteiger partial charge in [0.15, 0.2) is 0 Å². The van der Waals surface area contributed by atoms with Crippen LogP contribution in [0.1, 0.15) is 62.9 Å². The van der Waals surface area contributed by atoms with Crippen molar-refractivity contribution in [3.8, 4) is 17.0 Å². The molecule has 0 bridgehead atoms. The molecular weight excluding hydrogens is 392 g/mol. The largest absolute Gasteiger partial charge is 0.497 e. The molecule has 31 heavy (non-hydrogen) atoms. The molecule has 2 aliphatic rings. The fourth-order valence-corrected chi connectivity index (χ4v) is 4.71. The maximum absolute atomic E-state index is 13.4. The van der Waals surface area contributed by atoms with E-state index in [0.29, 0.717) is 18.8 Å². The summed E-state index contributed by atoms with van der Waals surface area (Å²) in [4.78, 5) is 28.6. The minimum Gasteiger partial charge on any atom is -0.497 e. The second kappa shape index (κ2) is 8.73. The molecule has 1 aliphatic carbocycles. The van der Waals surface area contributed by atoms with E-state index in [2.05, 4.69) is 5.32 Å². The summed E-state index contributed by atoms with van der Waals surface area (Å²) in [6.07, 6.45) is 6.34. The van der Waals surface area contributed by atoms with Crippen molar-refractivity contribution in [3.63, 3.8) is 0 Å². The van der Waals surface area contributed by atoms with Crippen LogP contribution in [0.2, 0.25) is 0 Å². The predicted octanol–water partition coefficient (Wildman–Crippen LogP) is 3.63. The number of fused-ring (bicyclic) bond motifs is 1. The molecule has 4 rings (SSSR count). The molecule has 1 aromatic heterocycles. The molecule has 1 N–H and O–H groups in total. The Hall–Kier alpha value is -2.83. The van der Waals surface area contributed by atoms with E-state index < -0.39 is 5.54 Å². The highest BCUT2D eigenvalue weighted by molar-refractivity contribution is 6.00. The first-order valence-corrected chi connectivity index (χ1v) is 11.3. The fourth-order valence-electron chi connectivity index (χ4n) is 4.71. The Morgan fingerprint density at radius 2 is 1.94 bits per heavy atom. The highest BCUT2D eigenvalue weighted by atomic mass is 16.5. The number of nitrogens with zero attached hydrogens (tertiary/aromatic N) is 3. The number of rotatable bonds is 6. The van der Waals surface area contributed by atoms with Crippen molar-refractivity contribution in [2.24, 2.45) is 0 Å². The Bertz CT molecular complexity index is 946. The van der Waals surface area contributed by atoms with Crippen molar-refractivity contribution in [3.05, 3.63) is 36.0 Å². The van der Waals surface area contributed by atoms with E-state index in [0.717, 1.165) is 49.1 Å². The smallest absolute Gasteiger partial charge is 0.273 e. The Morgan fingerprint density at radius 1 is 1.23 bits per heavy atom. The number of ether oxygens (including phenoxy) is 1. The van der Waals surface area contributed by atoms with Crippen molar-refractivity contribution in [1.82, 2.24) is 20.0 Å². The van der Waals surface area contributed by atoms with Gasteiger partial charge in [0, 0.05) is 18.2 Å². The normalized spacial score (nSPS) is 21.6. The number of benzene rings is 1. The van der Waals surface area contributed by atoms with Crippen molar-refractivity contribution < 1.29 is 14.3 Å². The zero-order chi connectivity index (χ0) is 22.0. The lowest BCUT2D eigenvalue weighted by molar-refractivity contribution is -0.134. The molecule has 1 atom stereocenters. The van der Waals surface area contributed by atoms with E-state index >= 15 is 0 Å². The second-order valence-corrected chi connectivity index (χ2v) is 8.84. The first kappa shape index (κ1) is 21.4. The van der Waals surface area contributed by atoms with Gasteiger partial charge in [0.05, 0.1) is 19.3 Å². The van der Waals surface area contributed by atoms with Crippen molar-refractivity contribution in [1.29, 1.82) is 0 Å². The first-order valence-electron chi connectivity index (χ1n) is 11.3. The molecule has 2 heterocycles. The van der Waals surface area contributed by atoms with Crippen molar-refractivity contribution in [2.45, 2.75) is 70.5 Å². The van der Waals surface area contributed by atoms with E-state index in [4.69, 9.17) is 9.84 Å². The number of aromatic nitrogens is 2. The summed E-state index contributed by atoms with van der Waals surface area (Å²) in [6.45, 7) is 4.79. The van der Waals surface area contributed by atoms with Crippen molar-refractivity contribution in [2.75, 3.05) is 13.7 Å². The fraction of sp³-hybridized carbons (Fsp3) is 0.542. The lowest BCUT2D eigenvalue weighted by atomic mass is 9.91. The Kier molecular flexibility index (Phi) is 6.03. The molecule has 1 fully saturated rings. The Balaban J connectivity index is 1.63. The van der Waals surface area contributed by atoms with E-state index in [-0.39, 0.29) is 17.9 Å². The van der Waals surface area contributed by atoms with Crippen LogP contribution < -0.4 is 10.1 Å². The van der Waals surface area contributed by atoms with Gasteiger partial charge in [-0.2, -0.15) is 5.10 Å². The minimum absolute atomic E-state index is 0.0756. The molecule has 1 aromatic carbocycles. The van der Waals surface area contributed by atoms with E-state index in [1.165, 1.54) is 6.42 Å². The Labute approximate surface area is 183 Å². The number of hydrogen-bond acceptors (Lipinski definition) is 4. The van der Waals surface area contributed by atoms with Crippen LogP contribution in [-0.2, 0) is 11.3 Å². The van der Waals surface area contributed by atoms with Gasteiger partial charge in [0.2, 0.25) is 5.91 Å². The summed E-state index contributed by atoms with van der Waals surface area (Å²) in [5, 5.41) is 7.93. The molecule has 1 aliphatic heterocycles. The Morgan fingerprint density at radius 3 is 2.58 bits per heavy atom. The van der Waals surface area contributed by atoms with Crippen molar-refractivity contribution >= 4 is 11.8 Å². The number of hydrogen-bond donors (Lipinski definition) is 1. The first-order chi connectivity index (χ1) is 15.0. The monoisotopic (exact) mass is 424 g/mol. The molecule has 0 saturated heterocycles. The van der Waals surface area contributed by atoms with Gasteiger partial charge in [0.25, 0.3) is 5.91 Å². The standard InChI is InChI=1S/C24H32N4O3/c1-4-14-27-22(29)21-15-20(17-10-12-19(31-3)13-11-17)26-28(21)16-24(27,2)23(30)25-18-8-6-5-7-9-18/h10-13,15,18H,4-9,14,16H2,1-3H3,(H,25,30)/t24-/m1/s1. The third-order valence-corrected chi connectivity index (χ3v) is 6.56. The van der Waals surface area contributed by atoms with Crippen LogP contribution in [0.15, 0.2) is 30.3 Å². The van der Waals surface area contributed by atoms with Crippen LogP contribution in [0, 0.1) is 0 Å². The summed E-state index contributed by atoms with van der Waals surface area (Å²) < 4.78 is 6.93. The molecule has 7 heteroatoms. The summed E-state index contributed by atoms with van der Waals surface area (Å²) >= 11 is 0. The second-order valence-electron chi connectivity index (χ2n) is 8.84. The zero-order valence-corrected chi connectivity index (χ0v) is 18.7. The number of amides is 2. The molecule has 166 valence electrons. The number of nitrogens with one attached hydrogen (secondary N) is 1. The zero-order valence-electron chi connectivity index (χ0n) is 18.7. The number of carbonyl (C=O) groups excluding carboxylic acids is 2. The van der Waals surface area contributed by atoms with Crippen LogP contribution >= 0.6 is 0 Å². The van der Waals surface area contributed by atoms with Crippen LogP contribution in [-0.4, -0.2) is 51.7 Å². The quantitative estimate of drug-likeness (QED) is 0.768. The summed E-state index contributed by atoms with van der Waals surface area (Å²) in [5.74, 6) is 0.555. The highest BCUT2D eigenvalue weighted by Gasteiger charge is 2.48. The molecular formula is C24H32N4O3. The molecule has 0 spiro atoms. The molecule has 1 saturated carbocycles. The maximum atomic E-state index is 13.4. The van der Waals surface area contributed by atoms with Gasteiger partial charge in [0.1, 0.15) is 17.0 Å².